The predicted octanol–water partition coefficient (Wildman–Crippen LogP) is 2.98. The summed E-state index contributed by atoms with van der Waals surface area (Å²) in [5, 5.41) is 5.40. The largest absolute Gasteiger partial charge is 0.492 e. The normalized spacial score (nSPS) is 10.7. The number of aryl methyl sites for hydroxylation is 1. The van der Waals surface area contributed by atoms with Gasteiger partial charge in [0, 0.05) is 23.9 Å². The molecule has 1 amide bonds. The number of benzene rings is 2. The van der Waals surface area contributed by atoms with E-state index in [9.17, 15) is 9.59 Å². The van der Waals surface area contributed by atoms with E-state index in [2.05, 4.69) is 5.10 Å². The molecule has 2 aromatic carbocycles. The Bertz CT molecular complexity index is 986. The molecular weight excluding hydrogens is 366 g/mol. The highest BCUT2D eigenvalue weighted by Gasteiger charge is 2.10. The maximum Gasteiger partial charge on any atom is 0.224 e. The zero-order chi connectivity index (χ0) is 19.2. The SMILES string of the molecule is CN(CCOc1ccc(Cl)cc1)C(=O)CCn1ncc(=O)c2ccccc21. The Hall–Kier alpha value is -2.86. The van der Waals surface area contributed by atoms with Crippen molar-refractivity contribution < 1.29 is 9.53 Å². The number of amides is 1. The van der Waals surface area contributed by atoms with Crippen LogP contribution in [0.4, 0.5) is 0 Å². The average molecular weight is 386 g/mol. The Labute approximate surface area is 161 Å². The summed E-state index contributed by atoms with van der Waals surface area (Å²) in [5.41, 5.74) is 0.608. The van der Waals surface area contributed by atoms with Gasteiger partial charge in [-0.1, -0.05) is 23.7 Å². The van der Waals surface area contributed by atoms with E-state index >= 15 is 0 Å². The van der Waals surface area contributed by atoms with Crippen LogP contribution < -0.4 is 10.2 Å². The van der Waals surface area contributed by atoms with E-state index in [0.717, 1.165) is 5.52 Å². The molecule has 0 saturated heterocycles. The quantitative estimate of drug-likeness (QED) is 0.627. The molecule has 0 bridgehead atoms. The van der Waals surface area contributed by atoms with Crippen LogP contribution in [0, 0.1) is 0 Å². The number of hydrogen-bond acceptors (Lipinski definition) is 4. The molecule has 7 heteroatoms. The number of hydrogen-bond donors (Lipinski definition) is 0. The van der Waals surface area contributed by atoms with Crippen LogP contribution in [0.5, 0.6) is 5.75 Å². The second kappa shape index (κ2) is 8.68. The summed E-state index contributed by atoms with van der Waals surface area (Å²) in [5.74, 6) is 0.698. The Kier molecular flexibility index (Phi) is 6.08. The highest BCUT2D eigenvalue weighted by atomic mass is 35.5. The first kappa shape index (κ1) is 18.9. The maximum atomic E-state index is 12.4. The second-order valence-electron chi connectivity index (χ2n) is 6.12. The van der Waals surface area contributed by atoms with Gasteiger partial charge in [0.2, 0.25) is 11.3 Å². The van der Waals surface area contributed by atoms with Gasteiger partial charge in [-0.25, -0.2) is 0 Å². The molecule has 140 valence electrons. The molecule has 0 fully saturated rings. The lowest BCUT2D eigenvalue weighted by atomic mass is 10.2. The van der Waals surface area contributed by atoms with Gasteiger partial charge in [-0.3, -0.25) is 14.3 Å². The van der Waals surface area contributed by atoms with Crippen molar-refractivity contribution in [1.29, 1.82) is 0 Å². The molecule has 0 aliphatic heterocycles. The van der Waals surface area contributed by atoms with Gasteiger partial charge in [0.05, 0.1) is 24.8 Å². The molecule has 1 aromatic heterocycles. The average Bonchev–Trinajstić information content (AvgIpc) is 2.69. The van der Waals surface area contributed by atoms with Gasteiger partial charge in [0.1, 0.15) is 12.4 Å². The van der Waals surface area contributed by atoms with Crippen molar-refractivity contribution in [3.05, 3.63) is 70.0 Å². The molecule has 0 saturated carbocycles. The molecule has 0 radical (unpaired) electrons. The van der Waals surface area contributed by atoms with Gasteiger partial charge in [0.15, 0.2) is 0 Å². The summed E-state index contributed by atoms with van der Waals surface area (Å²) in [6.45, 7) is 1.27. The van der Waals surface area contributed by atoms with Gasteiger partial charge in [-0.2, -0.15) is 5.10 Å². The van der Waals surface area contributed by atoms with Crippen molar-refractivity contribution in [2.24, 2.45) is 0 Å². The number of carbonyl (C=O) groups is 1. The van der Waals surface area contributed by atoms with Crippen molar-refractivity contribution in [1.82, 2.24) is 14.7 Å². The summed E-state index contributed by atoms with van der Waals surface area (Å²) in [7, 11) is 1.74. The van der Waals surface area contributed by atoms with Gasteiger partial charge >= 0.3 is 0 Å². The number of likely N-dealkylation sites (N-methyl/N-ethyl adjacent to an activating group) is 1. The lowest BCUT2D eigenvalue weighted by Gasteiger charge is -2.18. The van der Waals surface area contributed by atoms with E-state index < -0.39 is 0 Å². The molecule has 6 nitrogen and oxygen atoms in total. The maximum absolute atomic E-state index is 12.4. The number of rotatable bonds is 7. The van der Waals surface area contributed by atoms with Crippen LogP contribution in [-0.2, 0) is 11.3 Å². The third-order valence-electron chi connectivity index (χ3n) is 4.23. The van der Waals surface area contributed by atoms with Gasteiger partial charge in [-0.05, 0) is 36.4 Å². The Balaban J connectivity index is 1.52. The molecule has 3 rings (SSSR count). The van der Waals surface area contributed by atoms with E-state index in [1.165, 1.54) is 6.20 Å². The van der Waals surface area contributed by atoms with Gasteiger partial charge in [-0.15, -0.1) is 0 Å². The Morgan fingerprint density at radius 1 is 1.19 bits per heavy atom. The van der Waals surface area contributed by atoms with Crippen molar-refractivity contribution in [2.45, 2.75) is 13.0 Å². The summed E-state index contributed by atoms with van der Waals surface area (Å²) < 4.78 is 7.30. The third kappa shape index (κ3) is 4.86. The van der Waals surface area contributed by atoms with Crippen LogP contribution in [0.2, 0.25) is 5.02 Å². The Morgan fingerprint density at radius 3 is 2.70 bits per heavy atom. The van der Waals surface area contributed by atoms with Gasteiger partial charge in [0.25, 0.3) is 0 Å². The van der Waals surface area contributed by atoms with Crippen LogP contribution in [0.15, 0.2) is 59.5 Å². The highest BCUT2D eigenvalue weighted by molar-refractivity contribution is 6.30. The number of fused-ring (bicyclic) bond motifs is 1. The van der Waals surface area contributed by atoms with Crippen molar-refractivity contribution in [3.8, 4) is 5.75 Å². The molecule has 0 atom stereocenters. The molecule has 0 unspecified atom stereocenters. The molecule has 1 heterocycles. The lowest BCUT2D eigenvalue weighted by molar-refractivity contribution is -0.130. The first-order chi connectivity index (χ1) is 13.0. The van der Waals surface area contributed by atoms with E-state index in [1.807, 2.05) is 18.2 Å². The summed E-state index contributed by atoms with van der Waals surface area (Å²) in [6, 6.07) is 14.3. The first-order valence-corrected chi connectivity index (χ1v) is 8.99. The van der Waals surface area contributed by atoms with E-state index in [1.54, 1.807) is 47.0 Å². The number of halogens is 1. The highest BCUT2D eigenvalue weighted by Crippen LogP contribution is 2.15. The Morgan fingerprint density at radius 2 is 1.93 bits per heavy atom. The van der Waals surface area contributed by atoms with Crippen molar-refractivity contribution >= 4 is 28.4 Å². The number of nitrogens with zero attached hydrogens (tertiary/aromatic N) is 3. The summed E-state index contributed by atoms with van der Waals surface area (Å²) in [6.07, 6.45) is 1.58. The number of aromatic nitrogens is 2. The monoisotopic (exact) mass is 385 g/mol. The minimum Gasteiger partial charge on any atom is -0.492 e. The van der Waals surface area contributed by atoms with Crippen LogP contribution in [0.1, 0.15) is 6.42 Å². The summed E-state index contributed by atoms with van der Waals surface area (Å²) in [4.78, 5) is 25.8. The smallest absolute Gasteiger partial charge is 0.224 e. The van der Waals surface area contributed by atoms with E-state index in [-0.39, 0.29) is 17.8 Å². The van der Waals surface area contributed by atoms with Crippen LogP contribution in [-0.4, -0.2) is 40.8 Å². The minimum absolute atomic E-state index is 0.0145. The fourth-order valence-corrected chi connectivity index (χ4v) is 2.81. The molecule has 0 aliphatic carbocycles. The number of para-hydroxylation sites is 1. The molecule has 0 N–H and O–H groups in total. The molecule has 0 spiro atoms. The van der Waals surface area contributed by atoms with Crippen molar-refractivity contribution in [3.63, 3.8) is 0 Å². The first-order valence-electron chi connectivity index (χ1n) is 8.62. The lowest BCUT2D eigenvalue weighted by Crippen LogP contribution is -2.31. The minimum atomic E-state index is -0.121. The van der Waals surface area contributed by atoms with Crippen molar-refractivity contribution in [2.75, 3.05) is 20.2 Å². The standard InChI is InChI=1S/C20H20ClN3O3/c1-23(12-13-27-16-8-6-15(21)7-9-16)20(26)10-11-24-18-5-3-2-4-17(18)19(25)14-22-24/h2-9,14H,10-13H2,1H3. The molecular formula is C20H20ClN3O3. The zero-order valence-corrected chi connectivity index (χ0v) is 15.7. The second-order valence-corrected chi connectivity index (χ2v) is 6.55. The van der Waals surface area contributed by atoms with E-state index in [4.69, 9.17) is 16.3 Å². The molecule has 0 aliphatic rings. The van der Waals surface area contributed by atoms with Crippen LogP contribution >= 0.6 is 11.6 Å². The van der Waals surface area contributed by atoms with E-state index in [0.29, 0.717) is 35.9 Å². The number of carbonyl (C=O) groups excluding carboxylic acids is 1. The van der Waals surface area contributed by atoms with Gasteiger partial charge < -0.3 is 9.64 Å². The molecule has 27 heavy (non-hydrogen) atoms. The predicted molar refractivity (Wildman–Crippen MR) is 105 cm³/mol. The third-order valence-corrected chi connectivity index (χ3v) is 4.49. The molecule has 3 aromatic rings. The fraction of sp³-hybridized carbons (Fsp3) is 0.250. The number of ether oxygens (including phenoxy) is 1. The van der Waals surface area contributed by atoms with Crippen LogP contribution in [0.3, 0.4) is 0 Å². The fourth-order valence-electron chi connectivity index (χ4n) is 2.69. The topological polar surface area (TPSA) is 64.4 Å². The van der Waals surface area contributed by atoms with Crippen LogP contribution in [0.25, 0.3) is 10.9 Å². The zero-order valence-electron chi connectivity index (χ0n) is 15.0. The summed E-state index contributed by atoms with van der Waals surface area (Å²) >= 11 is 5.84.